The first-order valence-electron chi connectivity index (χ1n) is 9.02. The zero-order chi connectivity index (χ0) is 16.5. The molecule has 2 aliphatic heterocycles. The monoisotopic (exact) mass is 330 g/mol. The molecule has 2 saturated heterocycles. The zero-order valence-electron chi connectivity index (χ0n) is 14.2. The van der Waals surface area contributed by atoms with E-state index in [1.54, 1.807) is 7.11 Å². The number of morpholine rings is 1. The molecule has 0 radical (unpaired) electrons. The van der Waals surface area contributed by atoms with E-state index in [1.807, 2.05) is 12.1 Å². The summed E-state index contributed by atoms with van der Waals surface area (Å²) in [5.74, 6) is 1.11. The molecule has 5 heteroatoms. The molecule has 130 valence electrons. The van der Waals surface area contributed by atoms with Crippen molar-refractivity contribution in [3.8, 4) is 5.75 Å². The highest BCUT2D eigenvalue weighted by Gasteiger charge is 2.45. The van der Waals surface area contributed by atoms with E-state index in [2.05, 4.69) is 22.3 Å². The Morgan fingerprint density at radius 2 is 2.25 bits per heavy atom. The molecule has 1 N–H and O–H groups in total. The summed E-state index contributed by atoms with van der Waals surface area (Å²) in [6, 6.07) is 8.61. The fourth-order valence-corrected chi connectivity index (χ4v) is 4.03. The van der Waals surface area contributed by atoms with Gasteiger partial charge in [0.15, 0.2) is 0 Å². The van der Waals surface area contributed by atoms with Gasteiger partial charge in [0.2, 0.25) is 5.91 Å². The number of nitrogens with one attached hydrogen (secondary N) is 1. The van der Waals surface area contributed by atoms with Gasteiger partial charge in [-0.3, -0.25) is 9.69 Å². The smallest absolute Gasteiger partial charge is 0.226 e. The average molecular weight is 330 g/mol. The summed E-state index contributed by atoms with van der Waals surface area (Å²) in [5, 5.41) is 3.20. The quantitative estimate of drug-likeness (QED) is 0.897. The Morgan fingerprint density at radius 3 is 3.00 bits per heavy atom. The van der Waals surface area contributed by atoms with Crippen molar-refractivity contribution >= 4 is 5.91 Å². The molecule has 3 aliphatic rings. The SMILES string of the molecule is COc1cccc(CN2C[C@@H]3C[C@@H](C(=O)NC4CCC4)[C@H](C2)O3)c1. The lowest BCUT2D eigenvalue weighted by Crippen LogP contribution is -2.47. The molecule has 24 heavy (non-hydrogen) atoms. The number of carbonyl (C=O) groups is 1. The van der Waals surface area contributed by atoms with Crippen LogP contribution < -0.4 is 10.1 Å². The van der Waals surface area contributed by atoms with Crippen LogP contribution in [0.15, 0.2) is 24.3 Å². The molecule has 0 unspecified atom stereocenters. The first-order chi connectivity index (χ1) is 11.7. The number of ether oxygens (including phenoxy) is 2. The van der Waals surface area contributed by atoms with Crippen LogP contribution in [0.4, 0.5) is 0 Å². The van der Waals surface area contributed by atoms with E-state index in [0.29, 0.717) is 6.04 Å². The van der Waals surface area contributed by atoms with Gasteiger partial charge in [-0.2, -0.15) is 0 Å². The number of methoxy groups -OCH3 is 1. The van der Waals surface area contributed by atoms with Gasteiger partial charge in [0, 0.05) is 25.7 Å². The van der Waals surface area contributed by atoms with Gasteiger partial charge < -0.3 is 14.8 Å². The first-order valence-corrected chi connectivity index (χ1v) is 9.02. The molecule has 5 nitrogen and oxygen atoms in total. The van der Waals surface area contributed by atoms with Crippen molar-refractivity contribution in [1.29, 1.82) is 0 Å². The lowest BCUT2D eigenvalue weighted by Gasteiger charge is -2.33. The summed E-state index contributed by atoms with van der Waals surface area (Å²) in [4.78, 5) is 14.9. The minimum absolute atomic E-state index is 0.0194. The van der Waals surface area contributed by atoms with Crippen LogP contribution in [0.2, 0.25) is 0 Å². The predicted molar refractivity (Wildman–Crippen MR) is 90.8 cm³/mol. The van der Waals surface area contributed by atoms with Gasteiger partial charge in [0.1, 0.15) is 5.75 Å². The van der Waals surface area contributed by atoms with Gasteiger partial charge in [-0.1, -0.05) is 12.1 Å². The first kappa shape index (κ1) is 15.9. The minimum atomic E-state index is 0.0194. The van der Waals surface area contributed by atoms with Crippen LogP contribution in [0.25, 0.3) is 0 Å². The van der Waals surface area contributed by atoms with Crippen LogP contribution in [-0.4, -0.2) is 49.3 Å². The summed E-state index contributed by atoms with van der Waals surface area (Å²) in [5.41, 5.74) is 1.24. The Labute approximate surface area is 143 Å². The van der Waals surface area contributed by atoms with E-state index in [0.717, 1.165) is 44.6 Å². The molecular weight excluding hydrogens is 304 g/mol. The summed E-state index contributed by atoms with van der Waals surface area (Å²) in [6.45, 7) is 2.61. The van der Waals surface area contributed by atoms with Gasteiger partial charge in [-0.05, 0) is 43.4 Å². The maximum Gasteiger partial charge on any atom is 0.226 e. The Balaban J connectivity index is 1.36. The number of carbonyl (C=O) groups excluding carboxylic acids is 1. The normalized spacial score (nSPS) is 30.0. The highest BCUT2D eigenvalue weighted by molar-refractivity contribution is 5.80. The maximum absolute atomic E-state index is 12.5. The van der Waals surface area contributed by atoms with Crippen LogP contribution >= 0.6 is 0 Å². The van der Waals surface area contributed by atoms with Crippen molar-refractivity contribution < 1.29 is 14.3 Å². The molecule has 1 aliphatic carbocycles. The number of rotatable bonds is 5. The molecule has 1 amide bonds. The van der Waals surface area contributed by atoms with Crippen LogP contribution in [0.3, 0.4) is 0 Å². The van der Waals surface area contributed by atoms with Gasteiger partial charge in [-0.25, -0.2) is 0 Å². The third kappa shape index (κ3) is 3.28. The second-order valence-corrected chi connectivity index (χ2v) is 7.32. The molecule has 0 aromatic heterocycles. The molecule has 1 saturated carbocycles. The number of nitrogens with zero attached hydrogens (tertiary/aromatic N) is 1. The average Bonchev–Trinajstić information content (AvgIpc) is 2.85. The van der Waals surface area contributed by atoms with Crippen LogP contribution in [0.1, 0.15) is 31.2 Å². The Hall–Kier alpha value is -1.59. The second kappa shape index (κ2) is 6.73. The summed E-state index contributed by atoms with van der Waals surface area (Å²) in [6.07, 6.45) is 4.59. The maximum atomic E-state index is 12.5. The number of hydrogen-bond acceptors (Lipinski definition) is 4. The number of amides is 1. The second-order valence-electron chi connectivity index (χ2n) is 7.32. The van der Waals surface area contributed by atoms with Crippen molar-refractivity contribution in [1.82, 2.24) is 10.2 Å². The van der Waals surface area contributed by atoms with Crippen LogP contribution in [0, 0.1) is 5.92 Å². The largest absolute Gasteiger partial charge is 0.497 e. The van der Waals surface area contributed by atoms with Gasteiger partial charge >= 0.3 is 0 Å². The molecule has 3 fully saturated rings. The topological polar surface area (TPSA) is 50.8 Å². The van der Waals surface area contributed by atoms with Crippen molar-refractivity contribution in [3.63, 3.8) is 0 Å². The summed E-state index contributed by atoms with van der Waals surface area (Å²) >= 11 is 0. The molecule has 2 heterocycles. The summed E-state index contributed by atoms with van der Waals surface area (Å²) in [7, 11) is 1.69. The lowest BCUT2D eigenvalue weighted by molar-refractivity contribution is -0.129. The number of likely N-dealkylation sites (tertiary alicyclic amines) is 1. The highest BCUT2D eigenvalue weighted by atomic mass is 16.5. The predicted octanol–water partition coefficient (Wildman–Crippen LogP) is 1.95. The van der Waals surface area contributed by atoms with Crippen molar-refractivity contribution in [2.45, 2.75) is 50.5 Å². The standard InChI is InChI=1S/C19H26N2O3/c1-23-15-7-2-4-13(8-15)10-21-11-16-9-17(18(12-21)24-16)19(22)20-14-5-3-6-14/h2,4,7-8,14,16-18H,3,5-6,9-12H2,1H3,(H,20,22)/t16-,17+,18-/m0/s1. The van der Waals surface area contributed by atoms with E-state index in [4.69, 9.17) is 9.47 Å². The Kier molecular flexibility index (Phi) is 4.46. The van der Waals surface area contributed by atoms with Crippen LogP contribution in [0.5, 0.6) is 5.75 Å². The zero-order valence-corrected chi connectivity index (χ0v) is 14.2. The fourth-order valence-electron chi connectivity index (χ4n) is 4.03. The van der Waals surface area contributed by atoms with E-state index >= 15 is 0 Å². The molecular formula is C19H26N2O3. The molecule has 0 spiro atoms. The van der Waals surface area contributed by atoms with Crippen molar-refractivity contribution in [2.75, 3.05) is 20.2 Å². The Bertz CT molecular complexity index is 602. The third-order valence-corrected chi connectivity index (χ3v) is 5.56. The molecule has 1 aromatic rings. The van der Waals surface area contributed by atoms with E-state index < -0.39 is 0 Å². The number of benzene rings is 1. The molecule has 1 aromatic carbocycles. The van der Waals surface area contributed by atoms with E-state index in [1.165, 1.54) is 12.0 Å². The van der Waals surface area contributed by atoms with Crippen LogP contribution in [-0.2, 0) is 16.1 Å². The van der Waals surface area contributed by atoms with Gasteiger partial charge in [-0.15, -0.1) is 0 Å². The van der Waals surface area contributed by atoms with Gasteiger partial charge in [0.05, 0.1) is 25.2 Å². The molecule has 2 bridgehead atoms. The van der Waals surface area contributed by atoms with Crippen molar-refractivity contribution in [2.24, 2.45) is 5.92 Å². The van der Waals surface area contributed by atoms with E-state index in [9.17, 15) is 4.79 Å². The molecule has 4 rings (SSSR count). The molecule has 3 atom stereocenters. The Morgan fingerprint density at radius 1 is 1.38 bits per heavy atom. The van der Waals surface area contributed by atoms with Gasteiger partial charge in [0.25, 0.3) is 0 Å². The number of hydrogen-bond donors (Lipinski definition) is 1. The lowest BCUT2D eigenvalue weighted by atomic mass is 9.91. The highest BCUT2D eigenvalue weighted by Crippen LogP contribution is 2.33. The van der Waals surface area contributed by atoms with E-state index in [-0.39, 0.29) is 24.0 Å². The fraction of sp³-hybridized carbons (Fsp3) is 0.632. The summed E-state index contributed by atoms with van der Waals surface area (Å²) < 4.78 is 11.4. The van der Waals surface area contributed by atoms with Crippen molar-refractivity contribution in [3.05, 3.63) is 29.8 Å². The minimum Gasteiger partial charge on any atom is -0.497 e. The third-order valence-electron chi connectivity index (χ3n) is 5.56. The number of fused-ring (bicyclic) bond motifs is 2.